The Bertz CT molecular complexity index is 814. The Morgan fingerprint density at radius 1 is 1.22 bits per heavy atom. The molecule has 23 heavy (non-hydrogen) atoms. The summed E-state index contributed by atoms with van der Waals surface area (Å²) in [6.07, 6.45) is 3.26. The smallest absolute Gasteiger partial charge is 0.291 e. The lowest BCUT2D eigenvalue weighted by atomic mass is 10.1. The lowest BCUT2D eigenvalue weighted by Crippen LogP contribution is -2.01. The van der Waals surface area contributed by atoms with E-state index in [4.69, 9.17) is 9.15 Å². The van der Waals surface area contributed by atoms with E-state index in [0.717, 1.165) is 11.3 Å². The van der Waals surface area contributed by atoms with Crippen LogP contribution in [-0.4, -0.2) is 22.0 Å². The normalized spacial score (nSPS) is 10.5. The zero-order chi connectivity index (χ0) is 16.2. The van der Waals surface area contributed by atoms with Gasteiger partial charge in [0.05, 0.1) is 18.2 Å². The molecule has 7 nitrogen and oxygen atoms in total. The first kappa shape index (κ1) is 14.7. The fourth-order valence-corrected chi connectivity index (χ4v) is 2.20. The van der Waals surface area contributed by atoms with Crippen molar-refractivity contribution in [2.45, 2.75) is 6.42 Å². The van der Waals surface area contributed by atoms with Gasteiger partial charge < -0.3 is 9.15 Å². The van der Waals surface area contributed by atoms with Crippen molar-refractivity contribution in [1.82, 2.24) is 9.97 Å². The van der Waals surface area contributed by atoms with E-state index in [2.05, 4.69) is 9.97 Å². The van der Waals surface area contributed by atoms with Crippen LogP contribution in [0.25, 0.3) is 11.6 Å². The number of nitro groups is 1. The molecule has 0 bridgehead atoms. The summed E-state index contributed by atoms with van der Waals surface area (Å²) in [5.41, 5.74) is 1.68. The molecule has 0 fully saturated rings. The molecule has 0 N–H and O–H groups in total. The fraction of sp³-hybridized carbons (Fsp3) is 0.125. The summed E-state index contributed by atoms with van der Waals surface area (Å²) < 4.78 is 10.3. The molecule has 0 aliphatic heterocycles. The molecule has 0 atom stereocenters. The number of hydrogen-bond acceptors (Lipinski definition) is 6. The molecule has 0 saturated carbocycles. The zero-order valence-electron chi connectivity index (χ0n) is 12.3. The van der Waals surface area contributed by atoms with Crippen LogP contribution in [0.3, 0.4) is 0 Å². The number of ether oxygens (including phenoxy) is 1. The molecule has 2 heterocycles. The van der Waals surface area contributed by atoms with Crippen LogP contribution in [0.1, 0.15) is 11.3 Å². The van der Waals surface area contributed by atoms with Crippen LogP contribution in [0.2, 0.25) is 0 Å². The number of rotatable bonds is 5. The van der Waals surface area contributed by atoms with Crippen molar-refractivity contribution in [2.75, 3.05) is 7.11 Å². The highest BCUT2D eigenvalue weighted by Gasteiger charge is 2.18. The van der Waals surface area contributed by atoms with Crippen LogP contribution in [0.4, 0.5) is 5.69 Å². The van der Waals surface area contributed by atoms with Gasteiger partial charge >= 0.3 is 0 Å². The zero-order valence-corrected chi connectivity index (χ0v) is 12.3. The summed E-state index contributed by atoms with van der Waals surface area (Å²) in [6, 6.07) is 10.3. The molecule has 0 amide bonds. The molecule has 0 unspecified atom stereocenters. The van der Waals surface area contributed by atoms with E-state index < -0.39 is 4.92 Å². The van der Waals surface area contributed by atoms with E-state index in [1.807, 2.05) is 12.1 Å². The maximum atomic E-state index is 11.2. The first-order valence-electron chi connectivity index (χ1n) is 6.84. The van der Waals surface area contributed by atoms with Gasteiger partial charge in [-0.3, -0.25) is 10.1 Å². The Hall–Kier alpha value is -3.22. The lowest BCUT2D eigenvalue weighted by molar-refractivity contribution is -0.385. The predicted molar refractivity (Wildman–Crippen MR) is 82.2 cm³/mol. The van der Waals surface area contributed by atoms with E-state index >= 15 is 0 Å². The summed E-state index contributed by atoms with van der Waals surface area (Å²) in [4.78, 5) is 19.1. The van der Waals surface area contributed by atoms with Crippen molar-refractivity contribution in [1.29, 1.82) is 0 Å². The molecule has 3 aromatic rings. The molecular weight excluding hydrogens is 298 g/mol. The van der Waals surface area contributed by atoms with Crippen molar-refractivity contribution >= 4 is 5.69 Å². The second-order valence-electron chi connectivity index (χ2n) is 4.78. The van der Waals surface area contributed by atoms with Crippen LogP contribution in [0.5, 0.6) is 5.75 Å². The van der Waals surface area contributed by atoms with E-state index in [1.54, 1.807) is 19.2 Å². The average Bonchev–Trinajstić information content (AvgIpc) is 3.10. The van der Waals surface area contributed by atoms with Gasteiger partial charge in [-0.2, -0.15) is 0 Å². The highest BCUT2D eigenvalue weighted by molar-refractivity contribution is 5.52. The SMILES string of the molecule is COc1ccc(Cc2nc(-c3ncco3)ccc2[N+](=O)[O-])cc1. The van der Waals surface area contributed by atoms with Gasteiger partial charge in [0.15, 0.2) is 0 Å². The highest BCUT2D eigenvalue weighted by Crippen LogP contribution is 2.25. The van der Waals surface area contributed by atoms with Gasteiger partial charge in [-0.05, 0) is 23.8 Å². The third kappa shape index (κ3) is 3.18. The summed E-state index contributed by atoms with van der Waals surface area (Å²) in [6.45, 7) is 0. The van der Waals surface area contributed by atoms with Gasteiger partial charge in [0.1, 0.15) is 23.4 Å². The highest BCUT2D eigenvalue weighted by atomic mass is 16.6. The van der Waals surface area contributed by atoms with Gasteiger partial charge in [-0.1, -0.05) is 12.1 Å². The predicted octanol–water partition coefficient (Wildman–Crippen LogP) is 3.24. The van der Waals surface area contributed by atoms with Crippen molar-refractivity contribution in [3.63, 3.8) is 0 Å². The monoisotopic (exact) mass is 311 g/mol. The molecule has 0 aliphatic rings. The summed E-state index contributed by atoms with van der Waals surface area (Å²) >= 11 is 0. The molecular formula is C16H13N3O4. The molecule has 0 spiro atoms. The van der Waals surface area contributed by atoms with Crippen LogP contribution >= 0.6 is 0 Å². The molecule has 0 aliphatic carbocycles. The number of nitrogens with zero attached hydrogens (tertiary/aromatic N) is 3. The van der Waals surface area contributed by atoms with Crippen LogP contribution < -0.4 is 4.74 Å². The Morgan fingerprint density at radius 2 is 2.00 bits per heavy atom. The number of oxazole rings is 1. The lowest BCUT2D eigenvalue weighted by Gasteiger charge is -2.05. The van der Waals surface area contributed by atoms with Crippen molar-refractivity contribution in [2.24, 2.45) is 0 Å². The second kappa shape index (κ2) is 6.27. The van der Waals surface area contributed by atoms with E-state index in [9.17, 15) is 10.1 Å². The largest absolute Gasteiger partial charge is 0.497 e. The molecule has 0 saturated heterocycles. The molecule has 0 radical (unpaired) electrons. The minimum Gasteiger partial charge on any atom is -0.497 e. The first-order valence-corrected chi connectivity index (χ1v) is 6.84. The number of benzene rings is 1. The topological polar surface area (TPSA) is 91.3 Å². The minimum absolute atomic E-state index is 0.0314. The van der Waals surface area contributed by atoms with E-state index in [0.29, 0.717) is 23.7 Å². The number of methoxy groups -OCH3 is 1. The molecule has 7 heteroatoms. The van der Waals surface area contributed by atoms with Gasteiger partial charge in [0, 0.05) is 12.5 Å². The van der Waals surface area contributed by atoms with E-state index in [1.165, 1.54) is 24.6 Å². The summed E-state index contributed by atoms with van der Waals surface area (Å²) in [7, 11) is 1.58. The Balaban J connectivity index is 1.97. The van der Waals surface area contributed by atoms with Crippen LogP contribution in [0.15, 0.2) is 53.3 Å². The molecule has 2 aromatic heterocycles. The standard InChI is InChI=1S/C16H13N3O4/c1-22-12-4-2-11(3-5-12)10-14-15(19(20)21)7-6-13(18-14)16-17-8-9-23-16/h2-9H,10H2,1H3. The van der Waals surface area contributed by atoms with Crippen LogP contribution in [-0.2, 0) is 6.42 Å². The third-order valence-electron chi connectivity index (χ3n) is 3.33. The quantitative estimate of drug-likeness (QED) is 0.530. The summed E-state index contributed by atoms with van der Waals surface area (Å²) in [5, 5.41) is 11.2. The van der Waals surface area contributed by atoms with Crippen molar-refractivity contribution in [3.8, 4) is 17.3 Å². The number of pyridine rings is 1. The first-order chi connectivity index (χ1) is 11.2. The fourth-order valence-electron chi connectivity index (χ4n) is 2.20. The maximum Gasteiger partial charge on any atom is 0.291 e. The number of aromatic nitrogens is 2. The molecule has 116 valence electrons. The van der Waals surface area contributed by atoms with Crippen molar-refractivity contribution in [3.05, 3.63) is 70.2 Å². The van der Waals surface area contributed by atoms with Crippen LogP contribution in [0, 0.1) is 10.1 Å². The Labute approximate surface area is 131 Å². The number of hydrogen-bond donors (Lipinski definition) is 0. The maximum absolute atomic E-state index is 11.2. The minimum atomic E-state index is -0.439. The van der Waals surface area contributed by atoms with Gasteiger partial charge in [0.2, 0.25) is 5.89 Å². The van der Waals surface area contributed by atoms with Gasteiger partial charge in [-0.15, -0.1) is 0 Å². The third-order valence-corrected chi connectivity index (χ3v) is 3.33. The van der Waals surface area contributed by atoms with Crippen molar-refractivity contribution < 1.29 is 14.1 Å². The van der Waals surface area contributed by atoms with E-state index in [-0.39, 0.29) is 5.69 Å². The molecule has 1 aromatic carbocycles. The average molecular weight is 311 g/mol. The second-order valence-corrected chi connectivity index (χ2v) is 4.78. The Morgan fingerprint density at radius 3 is 2.61 bits per heavy atom. The van der Waals surface area contributed by atoms with Gasteiger partial charge in [-0.25, -0.2) is 9.97 Å². The Kier molecular flexibility index (Phi) is 4.01. The molecule has 3 rings (SSSR count). The summed E-state index contributed by atoms with van der Waals surface area (Å²) in [5.74, 6) is 1.06. The van der Waals surface area contributed by atoms with Gasteiger partial charge in [0.25, 0.3) is 5.69 Å².